The first-order chi connectivity index (χ1) is 16.1. The normalized spacial score (nSPS) is 12.7. The molecule has 1 unspecified atom stereocenters. The minimum Gasteiger partial charge on any atom is -0.467 e. The van der Waals surface area contributed by atoms with E-state index in [0.29, 0.717) is 21.9 Å². The average molecular weight is 478 g/mol. The fraction of sp³-hybridized carbons (Fsp3) is 0.296. The molecular formula is C27H28ClN3O3. The van der Waals surface area contributed by atoms with Crippen LogP contribution in [0.4, 0.5) is 0 Å². The Bertz CT molecular complexity index is 1350. The van der Waals surface area contributed by atoms with E-state index in [2.05, 4.69) is 0 Å². The highest BCUT2D eigenvalue weighted by Gasteiger charge is 2.34. The Morgan fingerprint density at radius 1 is 1.03 bits per heavy atom. The maximum absolute atomic E-state index is 13.0. The number of aryl methyl sites for hydroxylation is 2. The fourth-order valence-electron chi connectivity index (χ4n) is 3.91. The van der Waals surface area contributed by atoms with Gasteiger partial charge in [-0.15, -0.1) is 0 Å². The van der Waals surface area contributed by atoms with Crippen LogP contribution in [0, 0.1) is 13.8 Å². The molecule has 0 saturated carbocycles. The molecule has 2 aromatic heterocycles. The van der Waals surface area contributed by atoms with Gasteiger partial charge in [0.15, 0.2) is 11.8 Å². The summed E-state index contributed by atoms with van der Waals surface area (Å²) in [6.45, 7) is 9.62. The predicted octanol–water partition coefficient (Wildman–Crippen LogP) is 6.36. The number of esters is 1. The highest BCUT2D eigenvalue weighted by molar-refractivity contribution is 6.30. The van der Waals surface area contributed by atoms with Gasteiger partial charge in [0, 0.05) is 33.5 Å². The molecule has 0 saturated heterocycles. The van der Waals surface area contributed by atoms with E-state index < -0.39 is 17.7 Å². The standard InChI is InChI=1S/C27H28ClN3O3/c1-16-10-12-18(13-11-16)24-23(25(26(32)33-6)34-27(3,4)5)17(2)29-22-15-21(30-31(22)24)19-8-7-9-20(28)14-19/h7-15,25H,1-6H3. The Labute approximate surface area is 204 Å². The third-order valence-corrected chi connectivity index (χ3v) is 5.66. The summed E-state index contributed by atoms with van der Waals surface area (Å²) >= 11 is 6.22. The van der Waals surface area contributed by atoms with Crippen molar-refractivity contribution in [3.63, 3.8) is 0 Å². The zero-order valence-electron chi connectivity index (χ0n) is 20.2. The van der Waals surface area contributed by atoms with Crippen LogP contribution < -0.4 is 0 Å². The number of hydrogen-bond acceptors (Lipinski definition) is 5. The minimum absolute atomic E-state index is 0.491. The van der Waals surface area contributed by atoms with Crippen LogP contribution >= 0.6 is 11.6 Å². The molecule has 0 aliphatic heterocycles. The van der Waals surface area contributed by atoms with Gasteiger partial charge in [-0.25, -0.2) is 14.3 Å². The summed E-state index contributed by atoms with van der Waals surface area (Å²) < 4.78 is 13.1. The summed E-state index contributed by atoms with van der Waals surface area (Å²) in [4.78, 5) is 17.8. The molecule has 0 fully saturated rings. The van der Waals surface area contributed by atoms with Gasteiger partial charge >= 0.3 is 5.97 Å². The molecule has 176 valence electrons. The molecule has 34 heavy (non-hydrogen) atoms. The Hall–Kier alpha value is -3.22. The first-order valence-electron chi connectivity index (χ1n) is 11.1. The molecule has 4 rings (SSSR count). The molecule has 0 bridgehead atoms. The second-order valence-corrected chi connectivity index (χ2v) is 9.71. The highest BCUT2D eigenvalue weighted by Crippen LogP contribution is 2.36. The summed E-state index contributed by atoms with van der Waals surface area (Å²) in [7, 11) is 1.36. The summed E-state index contributed by atoms with van der Waals surface area (Å²) in [5.74, 6) is -0.491. The fourth-order valence-corrected chi connectivity index (χ4v) is 4.10. The van der Waals surface area contributed by atoms with Crippen LogP contribution in [0.25, 0.3) is 28.2 Å². The smallest absolute Gasteiger partial charge is 0.339 e. The maximum atomic E-state index is 13.0. The first-order valence-corrected chi connectivity index (χ1v) is 11.4. The van der Waals surface area contributed by atoms with Crippen molar-refractivity contribution in [2.75, 3.05) is 7.11 Å². The first kappa shape index (κ1) is 23.9. The molecule has 1 atom stereocenters. The number of methoxy groups -OCH3 is 1. The number of ether oxygens (including phenoxy) is 2. The molecule has 4 aromatic rings. The lowest BCUT2D eigenvalue weighted by Gasteiger charge is -2.28. The van der Waals surface area contributed by atoms with E-state index in [1.54, 1.807) is 4.52 Å². The Morgan fingerprint density at radius 2 is 1.74 bits per heavy atom. The Morgan fingerprint density at radius 3 is 2.35 bits per heavy atom. The van der Waals surface area contributed by atoms with Gasteiger partial charge in [-0.1, -0.05) is 53.6 Å². The van der Waals surface area contributed by atoms with Crippen molar-refractivity contribution in [3.05, 3.63) is 76.4 Å². The summed E-state index contributed by atoms with van der Waals surface area (Å²) in [5.41, 5.74) is 5.71. The molecule has 7 heteroatoms. The van der Waals surface area contributed by atoms with Gasteiger partial charge in [0.2, 0.25) is 0 Å². The van der Waals surface area contributed by atoms with Crippen molar-refractivity contribution in [3.8, 4) is 22.5 Å². The molecule has 2 aromatic carbocycles. The molecule has 0 aliphatic rings. The lowest BCUT2D eigenvalue weighted by atomic mass is 9.98. The van der Waals surface area contributed by atoms with Crippen LogP contribution in [-0.2, 0) is 14.3 Å². The largest absolute Gasteiger partial charge is 0.467 e. The number of carbonyl (C=O) groups is 1. The summed E-state index contributed by atoms with van der Waals surface area (Å²) in [6.07, 6.45) is -0.975. The maximum Gasteiger partial charge on any atom is 0.339 e. The van der Waals surface area contributed by atoms with Gasteiger partial charge < -0.3 is 9.47 Å². The second kappa shape index (κ2) is 9.20. The van der Waals surface area contributed by atoms with Gasteiger partial charge in [0.25, 0.3) is 0 Å². The number of hydrogen-bond donors (Lipinski definition) is 0. The summed E-state index contributed by atoms with van der Waals surface area (Å²) in [6, 6.07) is 17.5. The molecule has 0 N–H and O–H groups in total. The molecule has 6 nitrogen and oxygen atoms in total. The number of nitrogens with zero attached hydrogens (tertiary/aromatic N) is 3. The van der Waals surface area contributed by atoms with Crippen LogP contribution in [-0.4, -0.2) is 33.3 Å². The van der Waals surface area contributed by atoms with E-state index in [4.69, 9.17) is 31.2 Å². The van der Waals surface area contributed by atoms with E-state index in [1.807, 2.05) is 89.2 Å². The van der Waals surface area contributed by atoms with Crippen molar-refractivity contribution in [2.24, 2.45) is 0 Å². The summed E-state index contributed by atoms with van der Waals surface area (Å²) in [5, 5.41) is 5.50. The molecule has 0 spiro atoms. The third kappa shape index (κ3) is 4.83. The van der Waals surface area contributed by atoms with Gasteiger partial charge in [-0.05, 0) is 46.8 Å². The van der Waals surface area contributed by atoms with Gasteiger partial charge in [-0.2, -0.15) is 5.10 Å². The monoisotopic (exact) mass is 477 g/mol. The second-order valence-electron chi connectivity index (χ2n) is 9.27. The number of carbonyl (C=O) groups excluding carboxylic acids is 1. The highest BCUT2D eigenvalue weighted by atomic mass is 35.5. The Balaban J connectivity index is 2.04. The molecule has 0 aliphatic carbocycles. The van der Waals surface area contributed by atoms with Gasteiger partial charge in [0.1, 0.15) is 0 Å². The average Bonchev–Trinajstić information content (AvgIpc) is 3.20. The van der Waals surface area contributed by atoms with E-state index in [9.17, 15) is 4.79 Å². The minimum atomic E-state index is -0.975. The van der Waals surface area contributed by atoms with Crippen LogP contribution in [0.5, 0.6) is 0 Å². The van der Waals surface area contributed by atoms with E-state index in [-0.39, 0.29) is 0 Å². The molecule has 0 amide bonds. The van der Waals surface area contributed by atoms with Crippen LogP contribution in [0.15, 0.2) is 54.6 Å². The zero-order valence-corrected chi connectivity index (χ0v) is 21.0. The lowest BCUT2D eigenvalue weighted by Crippen LogP contribution is -2.29. The van der Waals surface area contributed by atoms with Crippen molar-refractivity contribution < 1.29 is 14.3 Å². The van der Waals surface area contributed by atoms with Crippen LogP contribution in [0.2, 0.25) is 5.02 Å². The SMILES string of the molecule is COC(=O)C(OC(C)(C)C)c1c(C)nc2cc(-c3cccc(Cl)c3)nn2c1-c1ccc(C)cc1. The number of rotatable bonds is 5. The van der Waals surface area contributed by atoms with Crippen LogP contribution in [0.3, 0.4) is 0 Å². The lowest BCUT2D eigenvalue weighted by molar-refractivity contribution is -0.164. The van der Waals surface area contributed by atoms with Gasteiger partial charge in [-0.3, -0.25) is 0 Å². The molecule has 0 radical (unpaired) electrons. The number of halogens is 1. The molecular weight excluding hydrogens is 450 g/mol. The van der Waals surface area contributed by atoms with Crippen molar-refractivity contribution in [2.45, 2.75) is 46.3 Å². The van der Waals surface area contributed by atoms with E-state index in [1.165, 1.54) is 7.11 Å². The van der Waals surface area contributed by atoms with E-state index >= 15 is 0 Å². The molecule has 2 heterocycles. The third-order valence-electron chi connectivity index (χ3n) is 5.42. The van der Waals surface area contributed by atoms with Crippen molar-refractivity contribution >= 4 is 23.2 Å². The van der Waals surface area contributed by atoms with Gasteiger partial charge in [0.05, 0.1) is 24.1 Å². The van der Waals surface area contributed by atoms with E-state index in [0.717, 1.165) is 28.1 Å². The Kier molecular flexibility index (Phi) is 6.47. The van der Waals surface area contributed by atoms with Crippen LogP contribution in [0.1, 0.15) is 43.7 Å². The van der Waals surface area contributed by atoms with Crippen molar-refractivity contribution in [1.29, 1.82) is 0 Å². The van der Waals surface area contributed by atoms with Crippen molar-refractivity contribution in [1.82, 2.24) is 14.6 Å². The number of aromatic nitrogens is 3. The number of benzene rings is 2. The predicted molar refractivity (Wildman–Crippen MR) is 134 cm³/mol. The quantitative estimate of drug-likeness (QED) is 0.313. The topological polar surface area (TPSA) is 65.7 Å². The zero-order chi connectivity index (χ0) is 24.6. The number of fused-ring (bicyclic) bond motifs is 1.